The molecule has 1 aliphatic heterocycles. The van der Waals surface area contributed by atoms with E-state index in [1.165, 1.54) is 37.0 Å². The highest BCUT2D eigenvalue weighted by Gasteiger charge is 2.36. The maximum Gasteiger partial charge on any atom is 0.410 e. The molecule has 1 saturated heterocycles. The minimum atomic E-state index is -0.464. The van der Waals surface area contributed by atoms with E-state index in [-0.39, 0.29) is 5.97 Å². The average molecular weight is 354 g/mol. The molecular formula is C20H35NO4. The number of carbonyl (C=O) groups excluding carboxylic acids is 2. The van der Waals surface area contributed by atoms with E-state index < -0.39 is 12.1 Å². The van der Waals surface area contributed by atoms with Crippen LogP contribution in [0.3, 0.4) is 0 Å². The molecule has 0 N–H and O–H groups in total. The number of unbranched alkanes of at least 4 members (excludes halogenated alkanes) is 7. The number of carbonyl (C=O) groups is 2. The number of nitrogens with zero attached hydrogens (tertiary/aromatic N) is 1. The summed E-state index contributed by atoms with van der Waals surface area (Å²) in [7, 11) is 0. The van der Waals surface area contributed by atoms with Crippen LogP contribution in [-0.2, 0) is 14.3 Å². The smallest absolute Gasteiger partial charge is 0.410 e. The second kappa shape index (κ2) is 13.7. The van der Waals surface area contributed by atoms with Crippen molar-refractivity contribution in [3.8, 4) is 0 Å². The summed E-state index contributed by atoms with van der Waals surface area (Å²) in [4.78, 5) is 25.7. The van der Waals surface area contributed by atoms with E-state index in [0.29, 0.717) is 26.2 Å². The Morgan fingerprint density at radius 1 is 1.04 bits per heavy atom. The van der Waals surface area contributed by atoms with Gasteiger partial charge in [-0.1, -0.05) is 45.1 Å². The number of likely N-dealkylation sites (tertiary alicyclic amines) is 1. The highest BCUT2D eigenvalue weighted by atomic mass is 16.6. The standard InChI is InChI=1S/C20H35NO4/c1-3-5-6-7-8-9-10-11-12-17-24-19(22)18-14-13-15-21(18)20(23)25-16-4-2/h3,18H,1,4-17H2,2H3/t18-/m0/s1. The summed E-state index contributed by atoms with van der Waals surface area (Å²) in [5.74, 6) is -0.282. The van der Waals surface area contributed by atoms with Crippen LogP contribution in [0.1, 0.15) is 77.6 Å². The molecule has 144 valence electrons. The van der Waals surface area contributed by atoms with Gasteiger partial charge in [-0.25, -0.2) is 9.59 Å². The lowest BCUT2D eigenvalue weighted by Crippen LogP contribution is -2.41. The fraction of sp³-hybridized carbons (Fsp3) is 0.800. The Labute approximate surface area is 152 Å². The molecule has 1 fully saturated rings. The molecule has 1 heterocycles. The van der Waals surface area contributed by atoms with Crippen LogP contribution in [0.4, 0.5) is 4.79 Å². The SMILES string of the molecule is C=CCCCCCCCCCOC(=O)[C@@H]1CCCN1C(=O)OCCC. The first-order valence-corrected chi connectivity index (χ1v) is 9.91. The lowest BCUT2D eigenvalue weighted by molar-refractivity contribution is -0.148. The van der Waals surface area contributed by atoms with Crippen molar-refractivity contribution in [2.24, 2.45) is 0 Å². The molecule has 1 rings (SSSR count). The van der Waals surface area contributed by atoms with Gasteiger partial charge < -0.3 is 9.47 Å². The molecule has 0 spiro atoms. The molecule has 0 aromatic heterocycles. The molecule has 0 bridgehead atoms. The fourth-order valence-electron chi connectivity index (χ4n) is 3.05. The van der Waals surface area contributed by atoms with E-state index in [4.69, 9.17) is 9.47 Å². The quantitative estimate of drug-likeness (QED) is 0.270. The number of hydrogen-bond acceptors (Lipinski definition) is 4. The largest absolute Gasteiger partial charge is 0.464 e. The lowest BCUT2D eigenvalue weighted by Gasteiger charge is -2.22. The number of amides is 1. The van der Waals surface area contributed by atoms with Crippen LogP contribution in [0.15, 0.2) is 12.7 Å². The van der Waals surface area contributed by atoms with Crippen molar-refractivity contribution in [3.63, 3.8) is 0 Å². The third-order valence-corrected chi connectivity index (χ3v) is 4.49. The average Bonchev–Trinajstić information content (AvgIpc) is 3.11. The van der Waals surface area contributed by atoms with Crippen molar-refractivity contribution in [2.75, 3.05) is 19.8 Å². The Morgan fingerprint density at radius 3 is 2.40 bits per heavy atom. The van der Waals surface area contributed by atoms with Crippen molar-refractivity contribution in [3.05, 3.63) is 12.7 Å². The maximum atomic E-state index is 12.2. The fourth-order valence-corrected chi connectivity index (χ4v) is 3.05. The molecule has 25 heavy (non-hydrogen) atoms. The third-order valence-electron chi connectivity index (χ3n) is 4.49. The van der Waals surface area contributed by atoms with Crippen molar-refractivity contribution in [1.29, 1.82) is 0 Å². The summed E-state index contributed by atoms with van der Waals surface area (Å²) < 4.78 is 10.5. The normalized spacial score (nSPS) is 16.7. The number of esters is 1. The van der Waals surface area contributed by atoms with Gasteiger partial charge in [0.1, 0.15) is 6.04 Å². The molecule has 5 heteroatoms. The highest BCUT2D eigenvalue weighted by Crippen LogP contribution is 2.20. The van der Waals surface area contributed by atoms with Crippen molar-refractivity contribution >= 4 is 12.1 Å². The molecule has 1 atom stereocenters. The van der Waals surface area contributed by atoms with Crippen molar-refractivity contribution < 1.29 is 19.1 Å². The Bertz CT molecular complexity index is 397. The summed E-state index contributed by atoms with van der Waals surface area (Å²) in [5, 5.41) is 0. The van der Waals surface area contributed by atoms with Crippen LogP contribution in [0.5, 0.6) is 0 Å². The van der Waals surface area contributed by atoms with Gasteiger partial charge in [0.25, 0.3) is 0 Å². The van der Waals surface area contributed by atoms with E-state index in [1.807, 2.05) is 13.0 Å². The Kier molecular flexibility index (Phi) is 11.8. The van der Waals surface area contributed by atoms with E-state index in [1.54, 1.807) is 0 Å². The van der Waals surface area contributed by atoms with Gasteiger partial charge >= 0.3 is 12.1 Å². The number of ether oxygens (including phenoxy) is 2. The van der Waals surface area contributed by atoms with Crippen LogP contribution in [0.25, 0.3) is 0 Å². The highest BCUT2D eigenvalue weighted by molar-refractivity contribution is 5.82. The lowest BCUT2D eigenvalue weighted by atomic mass is 10.1. The molecule has 0 saturated carbocycles. The van der Waals surface area contributed by atoms with Gasteiger partial charge in [0.05, 0.1) is 13.2 Å². The van der Waals surface area contributed by atoms with Gasteiger partial charge in [-0.05, 0) is 38.5 Å². The van der Waals surface area contributed by atoms with Crippen molar-refractivity contribution in [2.45, 2.75) is 83.6 Å². The Balaban J connectivity index is 2.09. The molecule has 0 aliphatic carbocycles. The van der Waals surface area contributed by atoms with E-state index in [2.05, 4.69) is 6.58 Å². The maximum absolute atomic E-state index is 12.2. The Hall–Kier alpha value is -1.52. The van der Waals surface area contributed by atoms with E-state index >= 15 is 0 Å². The predicted molar refractivity (Wildman–Crippen MR) is 99.5 cm³/mol. The third kappa shape index (κ3) is 8.94. The number of rotatable bonds is 13. The summed E-state index contributed by atoms with van der Waals surface area (Å²) >= 11 is 0. The summed E-state index contributed by atoms with van der Waals surface area (Å²) in [5.41, 5.74) is 0. The Morgan fingerprint density at radius 2 is 1.72 bits per heavy atom. The van der Waals surface area contributed by atoms with Gasteiger partial charge in [0, 0.05) is 6.54 Å². The summed E-state index contributed by atoms with van der Waals surface area (Å²) in [6.07, 6.45) is 13.2. The predicted octanol–water partition coefficient (Wildman–Crippen LogP) is 4.85. The van der Waals surface area contributed by atoms with Crippen LogP contribution in [-0.4, -0.2) is 42.8 Å². The number of hydrogen-bond donors (Lipinski definition) is 0. The zero-order chi connectivity index (χ0) is 18.3. The van der Waals surface area contributed by atoms with Gasteiger partial charge in [-0.3, -0.25) is 4.90 Å². The van der Waals surface area contributed by atoms with E-state index in [9.17, 15) is 9.59 Å². The van der Waals surface area contributed by atoms with Gasteiger partial charge in [-0.2, -0.15) is 0 Å². The second-order valence-electron chi connectivity index (χ2n) is 6.69. The molecule has 0 radical (unpaired) electrons. The topological polar surface area (TPSA) is 55.8 Å². The number of allylic oxidation sites excluding steroid dienone is 1. The molecule has 0 aromatic carbocycles. The molecule has 1 amide bonds. The zero-order valence-corrected chi connectivity index (χ0v) is 15.8. The first-order valence-electron chi connectivity index (χ1n) is 9.91. The molecule has 5 nitrogen and oxygen atoms in total. The molecule has 1 aliphatic rings. The second-order valence-corrected chi connectivity index (χ2v) is 6.69. The van der Waals surface area contributed by atoms with Gasteiger partial charge in [0.15, 0.2) is 0 Å². The first-order chi connectivity index (χ1) is 12.2. The van der Waals surface area contributed by atoms with Gasteiger partial charge in [0.2, 0.25) is 0 Å². The monoisotopic (exact) mass is 353 g/mol. The van der Waals surface area contributed by atoms with Crippen molar-refractivity contribution in [1.82, 2.24) is 4.90 Å². The van der Waals surface area contributed by atoms with Crippen LogP contribution >= 0.6 is 0 Å². The first kappa shape index (κ1) is 21.5. The molecule has 0 unspecified atom stereocenters. The summed E-state index contributed by atoms with van der Waals surface area (Å²) in [6, 6.07) is -0.464. The van der Waals surface area contributed by atoms with Crippen LogP contribution in [0.2, 0.25) is 0 Å². The van der Waals surface area contributed by atoms with Gasteiger partial charge in [-0.15, -0.1) is 6.58 Å². The minimum absolute atomic E-state index is 0.282. The van der Waals surface area contributed by atoms with Crippen LogP contribution < -0.4 is 0 Å². The minimum Gasteiger partial charge on any atom is -0.464 e. The van der Waals surface area contributed by atoms with Crippen LogP contribution in [0, 0.1) is 0 Å². The van der Waals surface area contributed by atoms with E-state index in [0.717, 1.165) is 32.1 Å². The zero-order valence-electron chi connectivity index (χ0n) is 15.8. The molecular weight excluding hydrogens is 318 g/mol. The summed E-state index contributed by atoms with van der Waals surface area (Å²) in [6.45, 7) is 7.10. The molecule has 0 aromatic rings.